The van der Waals surface area contributed by atoms with Crippen LogP contribution >= 0.6 is 0 Å². The Labute approximate surface area is 126 Å². The van der Waals surface area contributed by atoms with E-state index in [1.165, 1.54) is 38.7 Å². The second kappa shape index (κ2) is 6.75. The predicted octanol–water partition coefficient (Wildman–Crippen LogP) is 2.97. The third-order valence-electron chi connectivity index (χ3n) is 4.22. The summed E-state index contributed by atoms with van der Waals surface area (Å²) in [5, 5.41) is 0. The Morgan fingerprint density at radius 2 is 2.00 bits per heavy atom. The number of benzene rings is 1. The molecule has 2 rings (SSSR count). The highest BCUT2D eigenvalue weighted by Crippen LogP contribution is 2.28. The summed E-state index contributed by atoms with van der Waals surface area (Å²) < 4.78 is 40.3. The first-order valence-electron chi connectivity index (χ1n) is 7.45. The van der Waals surface area contributed by atoms with Crippen LogP contribution in [0, 0.1) is 18.7 Å². The zero-order valence-electron chi connectivity index (χ0n) is 12.4. The minimum atomic E-state index is -3.69. The van der Waals surface area contributed by atoms with Gasteiger partial charge in [-0.2, -0.15) is 0 Å². The molecule has 118 valence electrons. The molecule has 0 spiro atoms. The summed E-state index contributed by atoms with van der Waals surface area (Å²) in [7, 11) is -3.69. The van der Waals surface area contributed by atoms with E-state index >= 15 is 0 Å². The Morgan fingerprint density at radius 1 is 1.33 bits per heavy atom. The van der Waals surface area contributed by atoms with Crippen LogP contribution in [0.2, 0.25) is 0 Å². The molecule has 21 heavy (non-hydrogen) atoms. The lowest BCUT2D eigenvalue weighted by Crippen LogP contribution is -2.25. The minimum Gasteiger partial charge on any atom is -0.398 e. The summed E-state index contributed by atoms with van der Waals surface area (Å²) in [4.78, 5) is -0.107. The van der Waals surface area contributed by atoms with Gasteiger partial charge in [0.2, 0.25) is 10.0 Å². The summed E-state index contributed by atoms with van der Waals surface area (Å²) in [5.41, 5.74) is 6.05. The summed E-state index contributed by atoms with van der Waals surface area (Å²) in [6, 6.07) is 2.32. The number of nitrogen functional groups attached to an aromatic ring is 1. The van der Waals surface area contributed by atoms with Crippen LogP contribution in [0.25, 0.3) is 0 Å². The highest BCUT2D eigenvalue weighted by Gasteiger charge is 2.18. The molecule has 6 heteroatoms. The van der Waals surface area contributed by atoms with Gasteiger partial charge in [-0.25, -0.2) is 17.5 Å². The third kappa shape index (κ3) is 4.17. The van der Waals surface area contributed by atoms with Crippen LogP contribution in [-0.2, 0) is 10.0 Å². The average molecular weight is 314 g/mol. The first-order valence-corrected chi connectivity index (χ1v) is 8.94. The predicted molar refractivity (Wildman–Crippen MR) is 81.9 cm³/mol. The van der Waals surface area contributed by atoms with Crippen molar-refractivity contribution in [3.63, 3.8) is 0 Å². The van der Waals surface area contributed by atoms with E-state index in [1.54, 1.807) is 0 Å². The molecule has 1 saturated carbocycles. The second-order valence-corrected chi connectivity index (χ2v) is 7.58. The lowest BCUT2D eigenvalue weighted by Gasteiger charge is -2.11. The Morgan fingerprint density at radius 3 is 2.62 bits per heavy atom. The van der Waals surface area contributed by atoms with Crippen molar-refractivity contribution < 1.29 is 12.8 Å². The quantitative estimate of drug-likeness (QED) is 0.626. The fraction of sp³-hybridized carbons (Fsp3) is 0.600. The molecule has 4 nitrogen and oxygen atoms in total. The molecule has 0 unspecified atom stereocenters. The number of hydrogen-bond donors (Lipinski definition) is 2. The van der Waals surface area contributed by atoms with E-state index in [0.29, 0.717) is 6.54 Å². The summed E-state index contributed by atoms with van der Waals surface area (Å²) >= 11 is 0. The normalized spacial score (nSPS) is 16.5. The molecular formula is C15H23FN2O2S. The van der Waals surface area contributed by atoms with Gasteiger partial charge in [-0.05, 0) is 37.8 Å². The van der Waals surface area contributed by atoms with Crippen LogP contribution in [0.3, 0.4) is 0 Å². The van der Waals surface area contributed by atoms with Gasteiger partial charge in [0, 0.05) is 17.8 Å². The summed E-state index contributed by atoms with van der Waals surface area (Å²) in [6.07, 6.45) is 6.95. The number of sulfonamides is 1. The van der Waals surface area contributed by atoms with E-state index in [1.807, 2.05) is 0 Å². The number of nitrogens with one attached hydrogen (secondary N) is 1. The maximum atomic E-state index is 13.6. The molecule has 1 aliphatic rings. The zero-order valence-corrected chi connectivity index (χ0v) is 13.2. The molecule has 0 amide bonds. The third-order valence-corrected chi connectivity index (χ3v) is 5.66. The van der Waals surface area contributed by atoms with Gasteiger partial charge in [0.1, 0.15) is 5.82 Å². The van der Waals surface area contributed by atoms with Crippen LogP contribution in [-0.4, -0.2) is 15.0 Å². The van der Waals surface area contributed by atoms with E-state index in [0.717, 1.165) is 24.8 Å². The second-order valence-electron chi connectivity index (χ2n) is 5.81. The largest absolute Gasteiger partial charge is 0.398 e. The molecule has 0 bridgehead atoms. The SMILES string of the molecule is Cc1c(N)cc(S(=O)(=O)NCCCC2CCCC2)cc1F. The van der Waals surface area contributed by atoms with E-state index in [9.17, 15) is 12.8 Å². The van der Waals surface area contributed by atoms with Gasteiger partial charge in [0.05, 0.1) is 4.90 Å². The minimum absolute atomic E-state index is 0.107. The van der Waals surface area contributed by atoms with Crippen LogP contribution in [0.4, 0.5) is 10.1 Å². The molecule has 1 fully saturated rings. The first-order chi connectivity index (χ1) is 9.90. The molecule has 0 atom stereocenters. The highest BCUT2D eigenvalue weighted by atomic mass is 32.2. The smallest absolute Gasteiger partial charge is 0.240 e. The number of nitrogens with two attached hydrogens (primary N) is 1. The Balaban J connectivity index is 1.92. The van der Waals surface area contributed by atoms with Crippen LogP contribution in [0.15, 0.2) is 17.0 Å². The zero-order chi connectivity index (χ0) is 15.5. The van der Waals surface area contributed by atoms with Crippen molar-refractivity contribution in [2.75, 3.05) is 12.3 Å². The molecule has 0 radical (unpaired) electrons. The van der Waals surface area contributed by atoms with Crippen LogP contribution in [0.1, 0.15) is 44.1 Å². The number of hydrogen-bond acceptors (Lipinski definition) is 3. The monoisotopic (exact) mass is 314 g/mol. The highest BCUT2D eigenvalue weighted by molar-refractivity contribution is 7.89. The van der Waals surface area contributed by atoms with E-state index in [4.69, 9.17) is 5.73 Å². The molecule has 0 aromatic heterocycles. The van der Waals surface area contributed by atoms with E-state index in [2.05, 4.69) is 4.72 Å². The van der Waals surface area contributed by atoms with Crippen molar-refractivity contribution in [2.24, 2.45) is 5.92 Å². The lowest BCUT2D eigenvalue weighted by molar-refractivity contribution is 0.480. The van der Waals surface area contributed by atoms with Gasteiger partial charge >= 0.3 is 0 Å². The Hall–Kier alpha value is -1.14. The van der Waals surface area contributed by atoms with Crippen LogP contribution in [0.5, 0.6) is 0 Å². The maximum Gasteiger partial charge on any atom is 0.240 e. The molecule has 1 aliphatic carbocycles. The Bertz CT molecular complexity index is 573. The van der Waals surface area contributed by atoms with Crippen molar-refractivity contribution in [2.45, 2.75) is 50.3 Å². The van der Waals surface area contributed by atoms with Gasteiger partial charge in [-0.3, -0.25) is 0 Å². The first kappa shape index (κ1) is 16.2. The molecule has 1 aromatic rings. The van der Waals surface area contributed by atoms with E-state index < -0.39 is 15.8 Å². The van der Waals surface area contributed by atoms with Gasteiger partial charge in [0.15, 0.2) is 0 Å². The molecular weight excluding hydrogens is 291 g/mol. The fourth-order valence-electron chi connectivity index (χ4n) is 2.81. The van der Waals surface area contributed by atoms with Crippen molar-refractivity contribution in [3.8, 4) is 0 Å². The number of rotatable bonds is 6. The topological polar surface area (TPSA) is 72.2 Å². The van der Waals surface area contributed by atoms with Crippen molar-refractivity contribution in [3.05, 3.63) is 23.5 Å². The molecule has 0 saturated heterocycles. The maximum absolute atomic E-state index is 13.6. The van der Waals surface area contributed by atoms with E-state index in [-0.39, 0.29) is 16.1 Å². The molecule has 0 aliphatic heterocycles. The standard InChI is InChI=1S/C15H23FN2O2S/c1-11-14(16)9-13(10-15(11)17)21(19,20)18-8-4-7-12-5-2-3-6-12/h9-10,12,18H,2-8,17H2,1H3. The van der Waals surface area contributed by atoms with Gasteiger partial charge in [-0.15, -0.1) is 0 Å². The molecule has 1 aromatic carbocycles. The molecule has 3 N–H and O–H groups in total. The summed E-state index contributed by atoms with van der Waals surface area (Å²) in [6.45, 7) is 1.91. The number of anilines is 1. The Kier molecular flexibility index (Phi) is 5.22. The summed E-state index contributed by atoms with van der Waals surface area (Å²) in [5.74, 6) is 0.142. The van der Waals surface area contributed by atoms with Crippen molar-refractivity contribution in [1.82, 2.24) is 4.72 Å². The van der Waals surface area contributed by atoms with Gasteiger partial charge in [-0.1, -0.05) is 25.7 Å². The molecule has 0 heterocycles. The van der Waals surface area contributed by atoms with Crippen molar-refractivity contribution in [1.29, 1.82) is 0 Å². The fourth-order valence-corrected chi connectivity index (χ4v) is 3.93. The van der Waals surface area contributed by atoms with Crippen molar-refractivity contribution >= 4 is 15.7 Å². The van der Waals surface area contributed by atoms with Gasteiger partial charge < -0.3 is 5.73 Å². The van der Waals surface area contributed by atoms with Gasteiger partial charge in [0.25, 0.3) is 0 Å². The lowest BCUT2D eigenvalue weighted by atomic mass is 10.0. The average Bonchev–Trinajstić information content (AvgIpc) is 2.93. The number of halogens is 1. The van der Waals surface area contributed by atoms with Crippen LogP contribution < -0.4 is 10.5 Å².